The molecule has 1 fully saturated rings. The van der Waals surface area contributed by atoms with Gasteiger partial charge in [-0.1, -0.05) is 233 Å². The van der Waals surface area contributed by atoms with Gasteiger partial charge in [0, 0.05) is 6.42 Å². The summed E-state index contributed by atoms with van der Waals surface area (Å²) in [7, 11) is 0. The fourth-order valence-corrected chi connectivity index (χ4v) is 8.41. The molecule has 0 aromatic heterocycles. The summed E-state index contributed by atoms with van der Waals surface area (Å²) in [4.78, 5) is 13.0. The van der Waals surface area contributed by atoms with E-state index in [-0.39, 0.29) is 12.5 Å². The molecule has 0 aromatic rings. The Kier molecular flexibility index (Phi) is 46.2. The molecule has 0 bridgehead atoms. The molecule has 9 heteroatoms. The Morgan fingerprint density at radius 2 is 0.900 bits per heavy atom. The highest BCUT2D eigenvalue weighted by Gasteiger charge is 2.44. The van der Waals surface area contributed by atoms with Crippen LogP contribution in [-0.4, -0.2) is 87.5 Å². The predicted molar refractivity (Wildman–Crippen MR) is 294 cm³/mol. The maximum absolute atomic E-state index is 13.0. The quantitative estimate of drug-likeness (QED) is 0.0261. The fraction of sp³-hybridized carbons (Fsp3) is 0.721. The molecule has 402 valence electrons. The monoisotopic (exact) mass is 980 g/mol. The molecule has 1 aliphatic rings. The van der Waals surface area contributed by atoms with Gasteiger partial charge < -0.3 is 40.3 Å². The molecular formula is C61H105NO8. The standard InChI is InChI=1S/C61H105NO8/c1-3-5-7-9-11-13-15-17-18-19-20-21-22-23-24-25-26-27-28-29-30-31-32-33-34-35-36-37-38-39-41-43-45-47-49-51-57(65)62-54(53-69-61-60(68)59(67)58(66)56(52-63)70-61)55(64)50-48-46-44-42-40-16-14-12-10-8-6-4-2/h5,7,11,13,17-18,20-21,23-24,26-27,40,42,48,50,54-56,58-61,63-64,66-68H,3-4,6,8-10,12,14-16,19,22,25,28-39,41,43-47,49,51-53H2,1-2H3,(H,62,65)/b7-5-,13-11-,18-17-,21-20-,24-23-,27-26-,42-40+,50-48+. The molecule has 0 saturated carbocycles. The molecule has 0 radical (unpaired) electrons. The second-order valence-corrected chi connectivity index (χ2v) is 19.3. The van der Waals surface area contributed by atoms with E-state index in [0.717, 1.165) is 77.0 Å². The first kappa shape index (κ1) is 65.1. The molecule has 0 aromatic carbocycles. The number of carbonyl (C=O) groups excluding carboxylic acids is 1. The zero-order valence-electron chi connectivity index (χ0n) is 44.5. The fourth-order valence-electron chi connectivity index (χ4n) is 8.41. The number of unbranched alkanes of at least 4 members (excludes halogenated alkanes) is 23. The number of rotatable bonds is 47. The van der Waals surface area contributed by atoms with Crippen molar-refractivity contribution in [2.24, 2.45) is 0 Å². The van der Waals surface area contributed by atoms with Gasteiger partial charge in [-0.15, -0.1) is 0 Å². The van der Waals surface area contributed by atoms with Crippen molar-refractivity contribution < 1.29 is 39.8 Å². The Bertz CT molecular complexity index is 1420. The number of allylic oxidation sites excluding steroid dienone is 15. The Morgan fingerprint density at radius 3 is 1.37 bits per heavy atom. The van der Waals surface area contributed by atoms with Crippen molar-refractivity contribution in [1.29, 1.82) is 0 Å². The van der Waals surface area contributed by atoms with Gasteiger partial charge in [-0.3, -0.25) is 4.79 Å². The van der Waals surface area contributed by atoms with Crippen LogP contribution in [-0.2, 0) is 14.3 Å². The number of aliphatic hydroxyl groups excluding tert-OH is 5. The van der Waals surface area contributed by atoms with E-state index in [1.165, 1.54) is 128 Å². The lowest BCUT2D eigenvalue weighted by Gasteiger charge is -2.40. The molecule has 7 atom stereocenters. The highest BCUT2D eigenvalue weighted by molar-refractivity contribution is 5.76. The number of hydrogen-bond donors (Lipinski definition) is 6. The van der Waals surface area contributed by atoms with Crippen LogP contribution in [0.15, 0.2) is 97.2 Å². The van der Waals surface area contributed by atoms with E-state index >= 15 is 0 Å². The van der Waals surface area contributed by atoms with Crippen molar-refractivity contribution in [3.63, 3.8) is 0 Å². The van der Waals surface area contributed by atoms with Crippen molar-refractivity contribution in [3.05, 3.63) is 97.2 Å². The van der Waals surface area contributed by atoms with Gasteiger partial charge in [-0.05, 0) is 83.5 Å². The first-order chi connectivity index (χ1) is 34.3. The number of ether oxygens (including phenoxy) is 2. The highest BCUT2D eigenvalue weighted by atomic mass is 16.7. The van der Waals surface area contributed by atoms with Gasteiger partial charge >= 0.3 is 0 Å². The number of amides is 1. The van der Waals surface area contributed by atoms with Crippen molar-refractivity contribution in [1.82, 2.24) is 5.32 Å². The van der Waals surface area contributed by atoms with Gasteiger partial charge in [0.05, 0.1) is 25.4 Å². The number of aliphatic hydroxyl groups is 5. The summed E-state index contributed by atoms with van der Waals surface area (Å²) in [6.07, 6.45) is 64.9. The lowest BCUT2D eigenvalue weighted by atomic mass is 9.99. The molecule has 70 heavy (non-hydrogen) atoms. The van der Waals surface area contributed by atoms with E-state index in [2.05, 4.69) is 104 Å². The van der Waals surface area contributed by atoms with Gasteiger partial charge in [0.2, 0.25) is 5.91 Å². The second-order valence-electron chi connectivity index (χ2n) is 19.3. The minimum absolute atomic E-state index is 0.190. The Hall–Kier alpha value is -2.89. The van der Waals surface area contributed by atoms with E-state index in [0.29, 0.717) is 6.42 Å². The largest absolute Gasteiger partial charge is 0.394 e. The van der Waals surface area contributed by atoms with Gasteiger partial charge in [-0.25, -0.2) is 0 Å². The van der Waals surface area contributed by atoms with Crippen LogP contribution < -0.4 is 5.32 Å². The van der Waals surface area contributed by atoms with Crippen molar-refractivity contribution >= 4 is 5.91 Å². The van der Waals surface area contributed by atoms with E-state index in [9.17, 15) is 30.3 Å². The summed E-state index contributed by atoms with van der Waals surface area (Å²) >= 11 is 0. The van der Waals surface area contributed by atoms with Crippen LogP contribution in [0.2, 0.25) is 0 Å². The molecule has 1 aliphatic heterocycles. The van der Waals surface area contributed by atoms with Crippen LogP contribution >= 0.6 is 0 Å². The summed E-state index contributed by atoms with van der Waals surface area (Å²) < 4.78 is 11.2. The average Bonchev–Trinajstić information content (AvgIpc) is 3.36. The normalized spacial score (nSPS) is 20.1. The molecule has 1 heterocycles. The third kappa shape index (κ3) is 38.7. The Morgan fingerprint density at radius 1 is 0.500 bits per heavy atom. The summed E-state index contributed by atoms with van der Waals surface area (Å²) in [6.45, 7) is 3.62. The highest BCUT2D eigenvalue weighted by Crippen LogP contribution is 2.23. The first-order valence-electron chi connectivity index (χ1n) is 28.5. The summed E-state index contributed by atoms with van der Waals surface area (Å²) in [5.41, 5.74) is 0. The van der Waals surface area contributed by atoms with Crippen molar-refractivity contribution in [2.45, 2.75) is 269 Å². The second kappa shape index (κ2) is 49.7. The molecule has 1 rings (SSSR count). The van der Waals surface area contributed by atoms with Crippen molar-refractivity contribution in [3.8, 4) is 0 Å². The summed E-state index contributed by atoms with van der Waals surface area (Å²) in [6, 6.07) is -0.825. The number of carbonyl (C=O) groups is 1. The number of hydrogen-bond acceptors (Lipinski definition) is 8. The zero-order chi connectivity index (χ0) is 50.8. The van der Waals surface area contributed by atoms with Gasteiger partial charge in [0.1, 0.15) is 24.4 Å². The Balaban J connectivity index is 2.13. The maximum Gasteiger partial charge on any atom is 0.220 e. The zero-order valence-corrected chi connectivity index (χ0v) is 44.5. The lowest BCUT2D eigenvalue weighted by Crippen LogP contribution is -2.60. The molecule has 7 unspecified atom stereocenters. The average molecular weight is 981 g/mol. The van der Waals surface area contributed by atoms with Crippen LogP contribution in [0.4, 0.5) is 0 Å². The third-order valence-electron chi connectivity index (χ3n) is 12.9. The van der Waals surface area contributed by atoms with E-state index in [1.807, 2.05) is 6.08 Å². The molecule has 0 aliphatic carbocycles. The minimum Gasteiger partial charge on any atom is -0.394 e. The Labute approximate surface area is 428 Å². The molecule has 6 N–H and O–H groups in total. The maximum atomic E-state index is 13.0. The molecule has 9 nitrogen and oxygen atoms in total. The lowest BCUT2D eigenvalue weighted by molar-refractivity contribution is -0.302. The van der Waals surface area contributed by atoms with Crippen LogP contribution in [0.1, 0.15) is 226 Å². The summed E-state index contributed by atoms with van der Waals surface area (Å²) in [5, 5.41) is 54.3. The first-order valence-corrected chi connectivity index (χ1v) is 28.5. The van der Waals surface area contributed by atoms with Crippen LogP contribution in [0, 0.1) is 0 Å². The molecular weight excluding hydrogens is 875 g/mol. The van der Waals surface area contributed by atoms with E-state index in [1.54, 1.807) is 6.08 Å². The minimum atomic E-state index is -1.57. The predicted octanol–water partition coefficient (Wildman–Crippen LogP) is 14.0. The van der Waals surface area contributed by atoms with Gasteiger partial charge in [0.15, 0.2) is 6.29 Å². The van der Waals surface area contributed by atoms with Crippen LogP contribution in [0.25, 0.3) is 0 Å². The third-order valence-corrected chi connectivity index (χ3v) is 12.9. The molecule has 0 spiro atoms. The van der Waals surface area contributed by atoms with E-state index < -0.39 is 49.5 Å². The molecule has 1 amide bonds. The SMILES string of the molecule is CC/C=C\C/C=C\C/C=C\C/C=C\C/C=C\C/C=C\CCCCCCCCCCCCCCCCCCC(=O)NC(COC1OC(CO)C(O)C(O)C1O)C(O)/C=C/CC/C=C/CCCCCCCC. The van der Waals surface area contributed by atoms with Crippen LogP contribution in [0.5, 0.6) is 0 Å². The van der Waals surface area contributed by atoms with E-state index in [4.69, 9.17) is 9.47 Å². The van der Waals surface area contributed by atoms with Crippen LogP contribution in [0.3, 0.4) is 0 Å². The molecule has 1 saturated heterocycles. The van der Waals surface area contributed by atoms with Gasteiger partial charge in [-0.2, -0.15) is 0 Å². The van der Waals surface area contributed by atoms with Crippen molar-refractivity contribution in [2.75, 3.05) is 13.2 Å². The smallest absolute Gasteiger partial charge is 0.220 e. The number of nitrogens with one attached hydrogen (secondary N) is 1. The summed E-state index contributed by atoms with van der Waals surface area (Å²) in [5.74, 6) is -0.190. The topological polar surface area (TPSA) is 149 Å². The van der Waals surface area contributed by atoms with Gasteiger partial charge in [0.25, 0.3) is 0 Å².